The second-order valence-electron chi connectivity index (χ2n) is 3.59. The number of nitrogens with zero attached hydrogens (tertiary/aromatic N) is 2. The van der Waals surface area contributed by atoms with Gasteiger partial charge >= 0.3 is 0 Å². The largest absolute Gasteiger partial charge is 0.410 e. The quantitative estimate of drug-likeness (QED) is 0.764. The Balaban J connectivity index is 1.80. The van der Waals surface area contributed by atoms with Crippen LogP contribution in [0.1, 0.15) is 0 Å². The monoisotopic (exact) mass is 312 g/mol. The number of aromatic nitrogens is 2. The lowest BCUT2D eigenvalue weighted by Crippen LogP contribution is -2.35. The van der Waals surface area contributed by atoms with Crippen molar-refractivity contribution in [2.75, 3.05) is 19.3 Å². The van der Waals surface area contributed by atoms with Crippen molar-refractivity contribution in [3.05, 3.63) is 17.5 Å². The van der Waals surface area contributed by atoms with Crippen LogP contribution in [0, 0.1) is 0 Å². The maximum absolute atomic E-state index is 11.5. The molecule has 0 aliphatic carbocycles. The lowest BCUT2D eigenvalue weighted by Gasteiger charge is -2.02. The highest BCUT2D eigenvalue weighted by Crippen LogP contribution is 2.26. The first-order valence-electron chi connectivity index (χ1n) is 5.66. The van der Waals surface area contributed by atoms with Crippen molar-refractivity contribution < 1.29 is 14.0 Å². The van der Waals surface area contributed by atoms with E-state index in [9.17, 15) is 9.59 Å². The molecule has 0 radical (unpaired) electrons. The molecule has 0 aliphatic rings. The van der Waals surface area contributed by atoms with Crippen LogP contribution in [-0.4, -0.2) is 41.4 Å². The van der Waals surface area contributed by atoms with Gasteiger partial charge in [0, 0.05) is 7.05 Å². The van der Waals surface area contributed by atoms with E-state index < -0.39 is 0 Å². The zero-order valence-electron chi connectivity index (χ0n) is 10.6. The summed E-state index contributed by atoms with van der Waals surface area (Å²) in [5, 5.41) is 14.9. The van der Waals surface area contributed by atoms with Crippen LogP contribution in [0.4, 0.5) is 0 Å². The minimum absolute atomic E-state index is 0.0415. The molecular formula is C11H12N4O3S2. The molecule has 106 valence electrons. The zero-order chi connectivity index (χ0) is 14.4. The van der Waals surface area contributed by atoms with E-state index in [1.54, 1.807) is 0 Å². The van der Waals surface area contributed by atoms with Crippen LogP contribution in [0.3, 0.4) is 0 Å². The second-order valence-corrected chi connectivity index (χ2v) is 5.46. The predicted molar refractivity (Wildman–Crippen MR) is 75.4 cm³/mol. The Hall–Kier alpha value is -1.87. The maximum Gasteiger partial charge on any atom is 0.277 e. The predicted octanol–water partition coefficient (Wildman–Crippen LogP) is 0.752. The highest BCUT2D eigenvalue weighted by atomic mass is 32.2. The first-order chi connectivity index (χ1) is 9.69. The van der Waals surface area contributed by atoms with Gasteiger partial charge in [0.15, 0.2) is 0 Å². The summed E-state index contributed by atoms with van der Waals surface area (Å²) < 4.78 is 5.42. The van der Waals surface area contributed by atoms with Gasteiger partial charge in [-0.3, -0.25) is 9.59 Å². The third kappa shape index (κ3) is 4.07. The molecule has 0 spiro atoms. The Kier molecular flexibility index (Phi) is 5.13. The lowest BCUT2D eigenvalue weighted by molar-refractivity contribution is -0.124. The molecule has 0 fully saturated rings. The third-order valence-electron chi connectivity index (χ3n) is 2.19. The topological polar surface area (TPSA) is 97.1 Å². The molecule has 0 aromatic carbocycles. The minimum atomic E-state index is -0.269. The van der Waals surface area contributed by atoms with Gasteiger partial charge in [0.25, 0.3) is 11.1 Å². The molecule has 0 saturated heterocycles. The normalized spacial score (nSPS) is 10.2. The highest BCUT2D eigenvalue weighted by Gasteiger charge is 2.12. The van der Waals surface area contributed by atoms with E-state index in [0.717, 1.165) is 16.6 Å². The number of carbonyl (C=O) groups excluding carboxylic acids is 2. The number of hydrogen-bond donors (Lipinski definition) is 2. The van der Waals surface area contributed by atoms with Crippen molar-refractivity contribution in [3.8, 4) is 10.8 Å². The summed E-state index contributed by atoms with van der Waals surface area (Å²) in [4.78, 5) is 23.3. The average Bonchev–Trinajstić information content (AvgIpc) is 3.12. The summed E-state index contributed by atoms with van der Waals surface area (Å²) in [6, 6.07) is 3.77. The summed E-state index contributed by atoms with van der Waals surface area (Å²) in [7, 11) is 1.51. The first kappa shape index (κ1) is 14.5. The van der Waals surface area contributed by atoms with Crippen molar-refractivity contribution in [1.29, 1.82) is 0 Å². The first-order valence-corrected chi connectivity index (χ1v) is 7.53. The summed E-state index contributed by atoms with van der Waals surface area (Å²) in [6.07, 6.45) is 0. The van der Waals surface area contributed by atoms with Crippen molar-refractivity contribution in [3.63, 3.8) is 0 Å². The Morgan fingerprint density at radius 2 is 2.25 bits per heavy atom. The van der Waals surface area contributed by atoms with Crippen LogP contribution in [0.2, 0.25) is 0 Å². The number of hydrogen-bond acceptors (Lipinski definition) is 7. The Morgan fingerprint density at radius 1 is 1.40 bits per heavy atom. The number of nitrogens with one attached hydrogen (secondary N) is 2. The van der Waals surface area contributed by atoms with E-state index in [1.165, 1.54) is 18.4 Å². The van der Waals surface area contributed by atoms with E-state index in [4.69, 9.17) is 4.42 Å². The molecule has 9 heteroatoms. The molecule has 2 aromatic rings. The molecule has 0 atom stereocenters. The van der Waals surface area contributed by atoms with Gasteiger partial charge in [0.2, 0.25) is 11.8 Å². The fourth-order valence-electron chi connectivity index (χ4n) is 1.21. The molecule has 2 rings (SSSR count). The zero-order valence-corrected chi connectivity index (χ0v) is 12.2. The molecule has 2 heterocycles. The summed E-state index contributed by atoms with van der Waals surface area (Å²) in [5.74, 6) is 0.0344. The van der Waals surface area contributed by atoms with Crippen LogP contribution in [0.15, 0.2) is 27.2 Å². The number of rotatable bonds is 6. The smallest absolute Gasteiger partial charge is 0.277 e. The fourth-order valence-corrected chi connectivity index (χ4v) is 2.45. The Labute approximate surface area is 123 Å². The van der Waals surface area contributed by atoms with Crippen molar-refractivity contribution in [1.82, 2.24) is 20.8 Å². The third-order valence-corrected chi connectivity index (χ3v) is 3.87. The van der Waals surface area contributed by atoms with E-state index in [0.29, 0.717) is 11.1 Å². The molecule has 20 heavy (non-hydrogen) atoms. The second kappa shape index (κ2) is 7.06. The number of carbonyl (C=O) groups is 2. The van der Waals surface area contributed by atoms with Crippen LogP contribution in [0.5, 0.6) is 0 Å². The molecule has 2 aromatic heterocycles. The number of thioether (sulfide) groups is 1. The Morgan fingerprint density at radius 3 is 2.95 bits per heavy atom. The van der Waals surface area contributed by atoms with Gasteiger partial charge in [-0.25, -0.2) is 0 Å². The summed E-state index contributed by atoms with van der Waals surface area (Å²) in [5.41, 5.74) is 0. The molecule has 0 bridgehead atoms. The highest BCUT2D eigenvalue weighted by molar-refractivity contribution is 7.99. The van der Waals surface area contributed by atoms with Crippen LogP contribution in [0.25, 0.3) is 10.8 Å². The van der Waals surface area contributed by atoms with E-state index in [2.05, 4.69) is 20.8 Å². The van der Waals surface area contributed by atoms with Gasteiger partial charge in [-0.1, -0.05) is 17.8 Å². The number of thiophene rings is 1. The van der Waals surface area contributed by atoms with E-state index >= 15 is 0 Å². The standard InChI is InChI=1S/C11H12N4O3S2/c1-12-8(16)5-13-9(17)6-20-11-15-14-10(18-11)7-3-2-4-19-7/h2-4H,5-6H2,1H3,(H,12,16)(H,13,17). The summed E-state index contributed by atoms with van der Waals surface area (Å²) >= 11 is 2.62. The van der Waals surface area contributed by atoms with Crippen molar-refractivity contribution in [2.24, 2.45) is 0 Å². The molecule has 0 saturated carbocycles. The molecule has 0 unspecified atom stereocenters. The van der Waals surface area contributed by atoms with Gasteiger partial charge in [-0.2, -0.15) is 0 Å². The molecule has 0 aliphatic heterocycles. The lowest BCUT2D eigenvalue weighted by atomic mass is 10.5. The van der Waals surface area contributed by atoms with Gasteiger partial charge in [0.05, 0.1) is 17.2 Å². The van der Waals surface area contributed by atoms with Crippen LogP contribution < -0.4 is 10.6 Å². The van der Waals surface area contributed by atoms with Crippen LogP contribution in [-0.2, 0) is 9.59 Å². The number of likely N-dealkylation sites (N-methyl/N-ethyl adjacent to an activating group) is 1. The molecule has 7 nitrogen and oxygen atoms in total. The molecular weight excluding hydrogens is 300 g/mol. The molecule has 2 N–H and O–H groups in total. The SMILES string of the molecule is CNC(=O)CNC(=O)CSc1nnc(-c2cccs2)o1. The van der Waals surface area contributed by atoms with Crippen molar-refractivity contribution in [2.45, 2.75) is 5.22 Å². The van der Waals surface area contributed by atoms with Crippen LogP contribution >= 0.6 is 23.1 Å². The number of amides is 2. The average molecular weight is 312 g/mol. The Bertz CT molecular complexity index is 582. The van der Waals surface area contributed by atoms with Gasteiger partial charge in [-0.15, -0.1) is 21.5 Å². The molecule has 2 amide bonds. The van der Waals surface area contributed by atoms with Gasteiger partial charge in [0.1, 0.15) is 0 Å². The fraction of sp³-hybridized carbons (Fsp3) is 0.273. The van der Waals surface area contributed by atoms with E-state index in [1.807, 2.05) is 17.5 Å². The van der Waals surface area contributed by atoms with Gasteiger partial charge in [-0.05, 0) is 11.4 Å². The van der Waals surface area contributed by atoms with Gasteiger partial charge < -0.3 is 15.1 Å². The van der Waals surface area contributed by atoms with Crippen molar-refractivity contribution >= 4 is 34.9 Å². The minimum Gasteiger partial charge on any atom is -0.410 e. The summed E-state index contributed by atoms with van der Waals surface area (Å²) in [6.45, 7) is -0.0415. The van der Waals surface area contributed by atoms with E-state index in [-0.39, 0.29) is 24.1 Å². The maximum atomic E-state index is 11.5.